The molecular weight excluding hydrogens is 330 g/mol. The number of nitrogens with one attached hydrogen (secondary N) is 1. The van der Waals surface area contributed by atoms with E-state index in [-0.39, 0.29) is 18.5 Å². The largest absolute Gasteiger partial charge is 0.455 e. The Morgan fingerprint density at radius 3 is 2.54 bits per heavy atom. The van der Waals surface area contributed by atoms with Crippen LogP contribution in [-0.2, 0) is 20.7 Å². The third-order valence-corrected chi connectivity index (χ3v) is 6.47. The molecule has 2 N–H and O–H groups in total. The lowest BCUT2D eigenvalue weighted by Crippen LogP contribution is -2.58. The summed E-state index contributed by atoms with van der Waals surface area (Å²) in [5.74, 6) is 0.213. The summed E-state index contributed by atoms with van der Waals surface area (Å²) in [5, 5.41) is 13.6. The molecule has 26 heavy (non-hydrogen) atoms. The van der Waals surface area contributed by atoms with Crippen LogP contribution >= 0.6 is 0 Å². The van der Waals surface area contributed by atoms with Crippen LogP contribution in [-0.4, -0.2) is 29.2 Å². The van der Waals surface area contributed by atoms with Gasteiger partial charge in [-0.3, -0.25) is 9.59 Å². The van der Waals surface area contributed by atoms with Gasteiger partial charge in [0.25, 0.3) is 5.91 Å². The highest BCUT2D eigenvalue weighted by Crippen LogP contribution is 2.61. The number of hydrogen-bond donors (Lipinski definition) is 2. The highest BCUT2D eigenvalue weighted by molar-refractivity contribution is 5.93. The lowest BCUT2D eigenvalue weighted by molar-refractivity contribution is -0.196. The number of aryl methyl sites for hydroxylation is 1. The van der Waals surface area contributed by atoms with Crippen LogP contribution in [0.2, 0.25) is 0 Å². The van der Waals surface area contributed by atoms with E-state index in [4.69, 9.17) is 4.74 Å². The molecule has 0 radical (unpaired) electrons. The molecule has 4 saturated carbocycles. The number of para-hydroxylation sites is 1. The number of carbonyl (C=O) groups excluding carboxylic acids is 2. The van der Waals surface area contributed by atoms with Gasteiger partial charge in [0.05, 0.1) is 11.0 Å². The van der Waals surface area contributed by atoms with Gasteiger partial charge < -0.3 is 15.2 Å². The minimum absolute atomic E-state index is 0.271. The van der Waals surface area contributed by atoms with E-state index in [9.17, 15) is 14.7 Å². The Bertz CT molecular complexity index is 714. The lowest BCUT2D eigenvalue weighted by Gasteiger charge is -2.58. The first-order valence-corrected chi connectivity index (χ1v) is 9.69. The molecular formula is C21H27NO4. The van der Waals surface area contributed by atoms with E-state index in [0.717, 1.165) is 49.8 Å². The van der Waals surface area contributed by atoms with E-state index in [1.807, 2.05) is 31.2 Å². The summed E-state index contributed by atoms with van der Waals surface area (Å²) in [4.78, 5) is 25.0. The number of rotatable bonds is 5. The van der Waals surface area contributed by atoms with Gasteiger partial charge in [0.15, 0.2) is 6.61 Å². The first-order chi connectivity index (χ1) is 12.4. The Morgan fingerprint density at radius 2 is 1.88 bits per heavy atom. The molecule has 4 fully saturated rings. The molecule has 1 amide bonds. The molecule has 5 heteroatoms. The molecule has 0 aromatic heterocycles. The topological polar surface area (TPSA) is 75.6 Å². The maximum absolute atomic E-state index is 12.8. The van der Waals surface area contributed by atoms with Crippen molar-refractivity contribution >= 4 is 17.6 Å². The molecule has 5 nitrogen and oxygen atoms in total. The van der Waals surface area contributed by atoms with Crippen molar-refractivity contribution in [3.05, 3.63) is 29.8 Å². The fraction of sp³-hybridized carbons (Fsp3) is 0.619. The second-order valence-corrected chi connectivity index (χ2v) is 8.60. The van der Waals surface area contributed by atoms with Gasteiger partial charge in [-0.1, -0.05) is 25.1 Å². The van der Waals surface area contributed by atoms with Crippen LogP contribution in [0.4, 0.5) is 5.69 Å². The number of anilines is 1. The SMILES string of the molecule is CCc1ccccc1NC(=O)COC(=O)C12C[C@@H]3C[C@@H](CC(O)(C3)C1)C2. The van der Waals surface area contributed by atoms with E-state index < -0.39 is 11.0 Å². The maximum Gasteiger partial charge on any atom is 0.312 e. The van der Waals surface area contributed by atoms with Crippen LogP contribution in [0.1, 0.15) is 51.0 Å². The quantitative estimate of drug-likeness (QED) is 0.794. The molecule has 0 heterocycles. The lowest BCUT2D eigenvalue weighted by atomic mass is 9.48. The van der Waals surface area contributed by atoms with E-state index in [1.54, 1.807) is 0 Å². The normalized spacial score (nSPS) is 34.5. The van der Waals surface area contributed by atoms with Gasteiger partial charge in [0.1, 0.15) is 0 Å². The van der Waals surface area contributed by atoms with Gasteiger partial charge in [-0.05, 0) is 68.4 Å². The summed E-state index contributed by atoms with van der Waals surface area (Å²) in [6.45, 7) is 1.76. The molecule has 4 bridgehead atoms. The first kappa shape index (κ1) is 17.5. The second-order valence-electron chi connectivity index (χ2n) is 8.60. The number of ether oxygens (including phenoxy) is 1. The molecule has 0 saturated heterocycles. The van der Waals surface area contributed by atoms with E-state index >= 15 is 0 Å². The number of amides is 1. The number of carbonyl (C=O) groups is 2. The van der Waals surface area contributed by atoms with Gasteiger partial charge >= 0.3 is 5.97 Å². The zero-order valence-corrected chi connectivity index (χ0v) is 15.3. The Hall–Kier alpha value is -1.88. The Labute approximate surface area is 154 Å². The zero-order valence-electron chi connectivity index (χ0n) is 15.3. The van der Waals surface area contributed by atoms with Crippen LogP contribution < -0.4 is 5.32 Å². The number of hydrogen-bond acceptors (Lipinski definition) is 4. The second kappa shape index (κ2) is 6.38. The molecule has 2 unspecified atom stereocenters. The summed E-state index contributed by atoms with van der Waals surface area (Å²) in [7, 11) is 0. The van der Waals surface area contributed by atoms with Gasteiger partial charge in [0.2, 0.25) is 0 Å². The fourth-order valence-corrected chi connectivity index (χ4v) is 5.87. The van der Waals surface area contributed by atoms with E-state index in [1.165, 1.54) is 0 Å². The highest BCUT2D eigenvalue weighted by atomic mass is 16.5. The maximum atomic E-state index is 12.8. The van der Waals surface area contributed by atoms with Crippen LogP contribution in [0, 0.1) is 17.3 Å². The van der Waals surface area contributed by atoms with Crippen LogP contribution in [0.3, 0.4) is 0 Å². The summed E-state index contributed by atoms with van der Waals surface area (Å²) in [6, 6.07) is 7.63. The predicted octanol–water partition coefficient (Wildman–Crippen LogP) is 3.06. The average molecular weight is 357 g/mol. The van der Waals surface area contributed by atoms with Crippen molar-refractivity contribution in [3.63, 3.8) is 0 Å². The van der Waals surface area contributed by atoms with Crippen molar-refractivity contribution in [1.82, 2.24) is 0 Å². The predicted molar refractivity (Wildman–Crippen MR) is 97.5 cm³/mol. The van der Waals surface area contributed by atoms with Crippen molar-refractivity contribution in [2.24, 2.45) is 17.3 Å². The van der Waals surface area contributed by atoms with Crippen LogP contribution in [0.5, 0.6) is 0 Å². The molecule has 4 aliphatic carbocycles. The van der Waals surface area contributed by atoms with Crippen molar-refractivity contribution in [2.75, 3.05) is 11.9 Å². The van der Waals surface area contributed by atoms with Gasteiger partial charge in [0, 0.05) is 5.69 Å². The molecule has 140 valence electrons. The average Bonchev–Trinajstić information content (AvgIpc) is 2.58. The molecule has 1 aromatic carbocycles. The summed E-state index contributed by atoms with van der Waals surface area (Å²) in [6.07, 6.45) is 5.65. The van der Waals surface area contributed by atoms with Crippen molar-refractivity contribution < 1.29 is 19.4 Å². The molecule has 4 atom stereocenters. The summed E-state index contributed by atoms with van der Waals surface area (Å²) < 4.78 is 5.42. The minimum atomic E-state index is -0.703. The standard InChI is InChI=1S/C21H27NO4/c1-2-16-5-3-4-6-17(16)22-18(23)12-26-19(24)20-8-14-7-15(9-20)11-21(25,10-14)13-20/h3-6,14-15,25H,2,7-13H2,1H3,(H,22,23)/t14-,15+,20?,21?. The van der Waals surface area contributed by atoms with Gasteiger partial charge in [-0.25, -0.2) is 0 Å². The third-order valence-electron chi connectivity index (χ3n) is 6.47. The first-order valence-electron chi connectivity index (χ1n) is 9.69. The van der Waals surface area contributed by atoms with Gasteiger partial charge in [-0.15, -0.1) is 0 Å². The molecule has 0 aliphatic heterocycles. The number of aliphatic hydroxyl groups is 1. The van der Waals surface area contributed by atoms with Crippen molar-refractivity contribution in [2.45, 2.75) is 57.5 Å². The Morgan fingerprint density at radius 1 is 1.19 bits per heavy atom. The smallest absolute Gasteiger partial charge is 0.312 e. The van der Waals surface area contributed by atoms with Crippen molar-refractivity contribution in [3.8, 4) is 0 Å². The summed E-state index contributed by atoms with van der Waals surface area (Å²) in [5.41, 5.74) is 0.530. The Balaban J connectivity index is 1.37. The Kier molecular flexibility index (Phi) is 4.30. The molecule has 0 spiro atoms. The van der Waals surface area contributed by atoms with Crippen molar-refractivity contribution in [1.29, 1.82) is 0 Å². The monoisotopic (exact) mass is 357 g/mol. The van der Waals surface area contributed by atoms with Gasteiger partial charge in [-0.2, -0.15) is 0 Å². The van der Waals surface area contributed by atoms with E-state index in [0.29, 0.717) is 18.3 Å². The number of benzene rings is 1. The zero-order chi connectivity index (χ0) is 18.4. The molecule has 1 aromatic rings. The molecule has 4 aliphatic rings. The van der Waals surface area contributed by atoms with Crippen LogP contribution in [0.25, 0.3) is 0 Å². The van der Waals surface area contributed by atoms with E-state index in [2.05, 4.69) is 5.32 Å². The fourth-order valence-electron chi connectivity index (χ4n) is 5.87. The number of esters is 1. The highest BCUT2D eigenvalue weighted by Gasteiger charge is 2.60. The molecule has 5 rings (SSSR count). The minimum Gasteiger partial charge on any atom is -0.455 e. The third kappa shape index (κ3) is 3.13. The van der Waals surface area contributed by atoms with Crippen LogP contribution in [0.15, 0.2) is 24.3 Å². The summed E-state index contributed by atoms with van der Waals surface area (Å²) >= 11 is 0.